The Morgan fingerprint density at radius 2 is 1.57 bits per heavy atom. The van der Waals surface area contributed by atoms with Crippen molar-refractivity contribution in [1.29, 1.82) is 0 Å². The van der Waals surface area contributed by atoms with Crippen molar-refractivity contribution < 1.29 is 19.1 Å². The van der Waals surface area contributed by atoms with E-state index >= 15 is 0 Å². The second kappa shape index (κ2) is 12.4. The summed E-state index contributed by atoms with van der Waals surface area (Å²) in [6.07, 6.45) is 12.1. The molecule has 2 amide bonds. The van der Waals surface area contributed by atoms with E-state index in [1.54, 1.807) is 16.2 Å². The lowest BCUT2D eigenvalue weighted by Crippen LogP contribution is -2.36. The number of allylic oxidation sites excluding steroid dienone is 4. The number of aromatic nitrogens is 3. The number of H-pyrrole nitrogens is 1. The lowest BCUT2D eigenvalue weighted by atomic mass is 9.74. The first-order valence-electron chi connectivity index (χ1n) is 16.3. The molecule has 9 nitrogen and oxygen atoms in total. The summed E-state index contributed by atoms with van der Waals surface area (Å²) in [4.78, 5) is 43.5. The minimum Gasteiger partial charge on any atom is -0.444 e. The van der Waals surface area contributed by atoms with Crippen LogP contribution in [0.15, 0.2) is 60.1 Å². The Morgan fingerprint density at radius 1 is 0.935 bits per heavy atom. The van der Waals surface area contributed by atoms with E-state index < -0.39 is 16.6 Å². The van der Waals surface area contributed by atoms with Crippen molar-refractivity contribution in [3.63, 3.8) is 0 Å². The number of ether oxygens (including phenoxy) is 2. The second-order valence-corrected chi connectivity index (χ2v) is 15.3. The highest BCUT2D eigenvalue weighted by Gasteiger charge is 2.41. The molecule has 1 aromatic carbocycles. The van der Waals surface area contributed by atoms with E-state index in [1.165, 1.54) is 0 Å². The lowest BCUT2D eigenvalue weighted by Gasteiger charge is -2.31. The number of hydrogen-bond donors (Lipinski definition) is 1. The first kappa shape index (κ1) is 32.0. The predicted octanol–water partition coefficient (Wildman–Crippen LogP) is 8.34. The van der Waals surface area contributed by atoms with Crippen LogP contribution in [-0.4, -0.2) is 61.2 Å². The highest BCUT2D eigenvalue weighted by molar-refractivity contribution is 7.09. The molecular weight excluding hydrogens is 598 g/mol. The third kappa shape index (κ3) is 6.63. The average Bonchev–Trinajstić information content (AvgIpc) is 3.82. The molecule has 10 heteroatoms. The topological polar surface area (TPSA) is 101 Å². The zero-order chi connectivity index (χ0) is 32.7. The molecule has 1 N–H and O–H groups in total. The molecule has 2 fully saturated rings. The molecule has 2 saturated heterocycles. The molecule has 0 radical (unpaired) electrons. The number of nitrogens with zero attached hydrogens (tertiary/aromatic N) is 4. The second-order valence-electron chi connectivity index (χ2n) is 14.5. The van der Waals surface area contributed by atoms with Crippen LogP contribution in [0.3, 0.4) is 0 Å². The molecule has 3 atom stereocenters. The van der Waals surface area contributed by atoms with Gasteiger partial charge >= 0.3 is 12.2 Å². The molecule has 0 spiro atoms. The van der Waals surface area contributed by atoms with Crippen LogP contribution in [0.4, 0.5) is 9.59 Å². The molecule has 0 bridgehead atoms. The number of carbonyl (C=O) groups is 2. The molecule has 2 aromatic heterocycles. The number of nitrogens with one attached hydrogen (secondary N) is 1. The molecule has 1 aliphatic carbocycles. The van der Waals surface area contributed by atoms with Crippen LogP contribution in [0.5, 0.6) is 0 Å². The number of carbonyl (C=O) groups excluding carboxylic acids is 2. The summed E-state index contributed by atoms with van der Waals surface area (Å²) in [5, 5.41) is 3.03. The molecule has 1 unspecified atom stereocenters. The smallest absolute Gasteiger partial charge is 0.410 e. The standard InChI is InChI=1S/C36H45N5O4S/c1-34(2,3)44-32(42)40-20-10-14-26(40)30-37-22-28(38-30)36(18-16-25(17-19-36)24-12-8-7-9-13-24)29-23-46-31(39-29)27-15-11-21-41(27)33(43)45-35(4,5)6/h7-9,12-13,16-18,22-23,26-27H,10-11,14-15,19-21H2,1-6H3,(H,37,38)/t26-,27-,36?/m0/s1. The third-order valence-electron chi connectivity index (χ3n) is 8.72. The Balaban J connectivity index is 1.33. The van der Waals surface area contributed by atoms with Crippen LogP contribution in [0, 0.1) is 0 Å². The molecular formula is C36H45N5O4S. The summed E-state index contributed by atoms with van der Waals surface area (Å²) in [7, 11) is 0. The van der Waals surface area contributed by atoms with Gasteiger partial charge in [-0.2, -0.15) is 0 Å². The van der Waals surface area contributed by atoms with Gasteiger partial charge in [0.1, 0.15) is 22.0 Å². The first-order chi connectivity index (χ1) is 21.8. The molecule has 244 valence electrons. The van der Waals surface area contributed by atoms with Crippen molar-refractivity contribution in [3.8, 4) is 0 Å². The van der Waals surface area contributed by atoms with E-state index in [0.29, 0.717) is 19.5 Å². The number of likely N-dealkylation sites (tertiary alicyclic amines) is 2. The van der Waals surface area contributed by atoms with Gasteiger partial charge in [0.2, 0.25) is 0 Å². The maximum Gasteiger partial charge on any atom is 0.410 e. The Labute approximate surface area is 275 Å². The highest BCUT2D eigenvalue weighted by Crippen LogP contribution is 2.44. The van der Waals surface area contributed by atoms with Crippen molar-refractivity contribution in [1.82, 2.24) is 24.8 Å². The van der Waals surface area contributed by atoms with Crippen LogP contribution in [-0.2, 0) is 14.9 Å². The Kier molecular flexibility index (Phi) is 8.61. The van der Waals surface area contributed by atoms with Crippen molar-refractivity contribution in [2.75, 3.05) is 13.1 Å². The number of thiazole rings is 1. The molecule has 3 aromatic rings. The van der Waals surface area contributed by atoms with Gasteiger partial charge in [0.05, 0.1) is 28.9 Å². The van der Waals surface area contributed by atoms with Gasteiger partial charge < -0.3 is 14.5 Å². The van der Waals surface area contributed by atoms with Crippen molar-refractivity contribution in [2.45, 2.75) is 102 Å². The normalized spacial score (nSPS) is 23.5. The molecule has 6 rings (SSSR count). The van der Waals surface area contributed by atoms with E-state index in [1.807, 2.05) is 58.7 Å². The highest BCUT2D eigenvalue weighted by atomic mass is 32.1. The fraction of sp³-hybridized carbons (Fsp3) is 0.500. The number of benzene rings is 1. The summed E-state index contributed by atoms with van der Waals surface area (Å²) in [6, 6.07) is 10.1. The van der Waals surface area contributed by atoms with E-state index in [2.05, 4.69) is 52.9 Å². The molecule has 3 aliphatic rings. The van der Waals surface area contributed by atoms with Gasteiger partial charge in [-0.25, -0.2) is 19.6 Å². The Bertz CT molecular complexity index is 1540. The van der Waals surface area contributed by atoms with Gasteiger partial charge in [-0.15, -0.1) is 11.3 Å². The Hall–Kier alpha value is -3.92. The first-order valence-corrected chi connectivity index (χ1v) is 17.2. The maximum atomic E-state index is 13.1. The van der Waals surface area contributed by atoms with Crippen molar-refractivity contribution in [3.05, 3.63) is 87.9 Å². The number of imidazole rings is 1. The van der Waals surface area contributed by atoms with Gasteiger partial charge in [0.25, 0.3) is 0 Å². The maximum absolute atomic E-state index is 13.1. The fourth-order valence-corrected chi connectivity index (χ4v) is 7.59. The van der Waals surface area contributed by atoms with Gasteiger partial charge in [-0.05, 0) is 84.8 Å². The molecule has 46 heavy (non-hydrogen) atoms. The van der Waals surface area contributed by atoms with Crippen LogP contribution in [0.25, 0.3) is 5.57 Å². The largest absolute Gasteiger partial charge is 0.444 e. The lowest BCUT2D eigenvalue weighted by molar-refractivity contribution is 0.0210. The zero-order valence-corrected chi connectivity index (χ0v) is 28.5. The van der Waals surface area contributed by atoms with E-state index in [-0.39, 0.29) is 24.3 Å². The summed E-state index contributed by atoms with van der Waals surface area (Å²) >= 11 is 1.59. The quantitative estimate of drug-likeness (QED) is 0.300. The predicted molar refractivity (Wildman–Crippen MR) is 179 cm³/mol. The summed E-state index contributed by atoms with van der Waals surface area (Å²) in [5.41, 5.74) is 2.43. The number of hydrogen-bond acceptors (Lipinski definition) is 7. The number of amides is 2. The summed E-state index contributed by atoms with van der Waals surface area (Å²) < 4.78 is 11.5. The van der Waals surface area contributed by atoms with Crippen LogP contribution < -0.4 is 0 Å². The summed E-state index contributed by atoms with van der Waals surface area (Å²) in [6.45, 7) is 12.6. The SMILES string of the molecule is CC(C)(C)OC(=O)N1CCC[C@H]1c1ncc(C2(c3csc([C@@H]4CCCN4C(=O)OC(C)(C)C)n3)C=CC(c3ccccc3)=CC2)[nH]1. The fourth-order valence-electron chi connectivity index (χ4n) is 6.54. The monoisotopic (exact) mass is 643 g/mol. The molecule has 2 aliphatic heterocycles. The van der Waals surface area contributed by atoms with E-state index in [4.69, 9.17) is 19.4 Å². The zero-order valence-electron chi connectivity index (χ0n) is 27.7. The van der Waals surface area contributed by atoms with E-state index in [0.717, 1.165) is 59.0 Å². The minimum atomic E-state index is -0.594. The molecule has 4 heterocycles. The average molecular weight is 644 g/mol. The van der Waals surface area contributed by atoms with Gasteiger partial charge in [0, 0.05) is 24.7 Å². The van der Waals surface area contributed by atoms with Crippen LogP contribution >= 0.6 is 11.3 Å². The van der Waals surface area contributed by atoms with Crippen LogP contribution in [0.1, 0.15) is 114 Å². The van der Waals surface area contributed by atoms with Gasteiger partial charge in [-0.1, -0.05) is 48.6 Å². The number of rotatable bonds is 5. The molecule has 0 saturated carbocycles. The minimum absolute atomic E-state index is 0.119. The third-order valence-corrected chi connectivity index (χ3v) is 9.66. The van der Waals surface area contributed by atoms with Gasteiger partial charge in [-0.3, -0.25) is 9.80 Å². The van der Waals surface area contributed by atoms with Crippen LogP contribution in [0.2, 0.25) is 0 Å². The van der Waals surface area contributed by atoms with Crippen molar-refractivity contribution in [2.24, 2.45) is 0 Å². The number of aromatic amines is 1. The van der Waals surface area contributed by atoms with E-state index in [9.17, 15) is 9.59 Å². The van der Waals surface area contributed by atoms with Crippen molar-refractivity contribution >= 4 is 29.1 Å². The van der Waals surface area contributed by atoms with Gasteiger partial charge in [0.15, 0.2) is 0 Å². The summed E-state index contributed by atoms with van der Waals surface area (Å²) in [5.74, 6) is 0.756. The Morgan fingerprint density at radius 3 is 2.17 bits per heavy atom.